The van der Waals surface area contributed by atoms with Crippen LogP contribution in [-0.4, -0.2) is 22.5 Å². The lowest BCUT2D eigenvalue weighted by Gasteiger charge is -2.09. The van der Waals surface area contributed by atoms with E-state index >= 15 is 0 Å². The lowest BCUT2D eigenvalue weighted by atomic mass is 10.2. The third-order valence-electron chi connectivity index (χ3n) is 2.90. The topological polar surface area (TPSA) is 102 Å². The van der Waals surface area contributed by atoms with Crippen LogP contribution in [0.2, 0.25) is 5.02 Å². The van der Waals surface area contributed by atoms with E-state index in [1.165, 1.54) is 30.3 Å². The number of carbonyl (C=O) groups is 1. The van der Waals surface area contributed by atoms with Gasteiger partial charge in [0.2, 0.25) is 0 Å². The molecule has 0 unspecified atom stereocenters. The summed E-state index contributed by atoms with van der Waals surface area (Å²) in [7, 11) is 0. The summed E-state index contributed by atoms with van der Waals surface area (Å²) in [5, 5.41) is 23.3. The first-order valence-electron chi connectivity index (χ1n) is 6.53. The molecule has 0 bridgehead atoms. The Morgan fingerprint density at radius 1 is 1.35 bits per heavy atom. The Bertz CT molecular complexity index is 764. The molecule has 0 saturated carbocycles. The van der Waals surface area contributed by atoms with Gasteiger partial charge < -0.3 is 15.2 Å². The van der Waals surface area contributed by atoms with Gasteiger partial charge in [-0.2, -0.15) is 0 Å². The summed E-state index contributed by atoms with van der Waals surface area (Å²) in [4.78, 5) is 22.2. The molecule has 0 aliphatic rings. The number of aryl methyl sites for hydroxylation is 1. The van der Waals surface area contributed by atoms with Gasteiger partial charge in [-0.25, -0.2) is 0 Å². The first-order valence-corrected chi connectivity index (χ1v) is 6.91. The number of phenolic OH excluding ortho intramolecular Hbond substituents is 1. The molecular weight excluding hydrogens is 324 g/mol. The number of rotatable bonds is 5. The minimum Gasteiger partial charge on any atom is -0.506 e. The molecule has 0 saturated heterocycles. The predicted molar refractivity (Wildman–Crippen MR) is 85.1 cm³/mol. The van der Waals surface area contributed by atoms with Crippen molar-refractivity contribution in [3.8, 4) is 11.5 Å². The number of hydrogen-bond donors (Lipinski definition) is 2. The number of nitro benzene ring substituents is 1. The molecule has 2 rings (SSSR count). The number of nitrogens with one attached hydrogen (secondary N) is 1. The van der Waals surface area contributed by atoms with Crippen LogP contribution in [0.4, 0.5) is 11.4 Å². The average molecular weight is 337 g/mol. The van der Waals surface area contributed by atoms with E-state index in [-0.39, 0.29) is 22.9 Å². The number of anilines is 1. The Balaban J connectivity index is 2.05. The third kappa shape index (κ3) is 4.33. The second-order valence-electron chi connectivity index (χ2n) is 4.73. The van der Waals surface area contributed by atoms with Gasteiger partial charge in [0.25, 0.3) is 5.91 Å². The van der Waals surface area contributed by atoms with E-state index in [9.17, 15) is 20.0 Å². The number of carbonyl (C=O) groups excluding carboxylic acids is 1. The summed E-state index contributed by atoms with van der Waals surface area (Å²) in [6.45, 7) is 1.27. The molecule has 8 heteroatoms. The second-order valence-corrected chi connectivity index (χ2v) is 5.16. The van der Waals surface area contributed by atoms with Gasteiger partial charge in [0.1, 0.15) is 5.75 Å². The number of nitrogens with zero attached hydrogens (tertiary/aromatic N) is 1. The van der Waals surface area contributed by atoms with Crippen molar-refractivity contribution in [1.82, 2.24) is 0 Å². The summed E-state index contributed by atoms with van der Waals surface area (Å²) >= 11 is 5.78. The molecule has 0 radical (unpaired) electrons. The van der Waals surface area contributed by atoms with Crippen molar-refractivity contribution in [2.75, 3.05) is 11.9 Å². The molecule has 2 N–H and O–H groups in total. The zero-order valence-electron chi connectivity index (χ0n) is 12.1. The standard InChI is InChI=1S/C15H13ClN2O5/c1-9-2-5-14(12(6-9)18(21)22)23-8-15(20)17-11-7-10(16)3-4-13(11)19/h2-7,19H,8H2,1H3,(H,17,20). The van der Waals surface area contributed by atoms with Crippen LogP contribution in [0, 0.1) is 17.0 Å². The largest absolute Gasteiger partial charge is 0.506 e. The smallest absolute Gasteiger partial charge is 0.311 e. The van der Waals surface area contributed by atoms with Gasteiger partial charge in [-0.3, -0.25) is 14.9 Å². The van der Waals surface area contributed by atoms with Crippen molar-refractivity contribution in [2.45, 2.75) is 6.92 Å². The number of aromatic hydroxyl groups is 1. The maximum atomic E-state index is 11.8. The fourth-order valence-electron chi connectivity index (χ4n) is 1.83. The number of nitro groups is 1. The van der Waals surface area contributed by atoms with Crippen molar-refractivity contribution in [2.24, 2.45) is 0 Å². The van der Waals surface area contributed by atoms with Crippen LogP contribution in [0.1, 0.15) is 5.56 Å². The molecular formula is C15H13ClN2O5. The minimum atomic E-state index is -0.586. The van der Waals surface area contributed by atoms with Crippen molar-refractivity contribution in [1.29, 1.82) is 0 Å². The number of phenols is 1. The summed E-state index contributed by atoms with van der Waals surface area (Å²) in [5.41, 5.74) is 0.616. The van der Waals surface area contributed by atoms with Crippen LogP contribution in [0.5, 0.6) is 11.5 Å². The molecule has 1 amide bonds. The molecule has 0 aliphatic carbocycles. The summed E-state index contributed by atoms with van der Waals surface area (Å²) in [5.74, 6) is -0.743. The Labute approximate surface area is 136 Å². The molecule has 23 heavy (non-hydrogen) atoms. The highest BCUT2D eigenvalue weighted by atomic mass is 35.5. The SMILES string of the molecule is Cc1ccc(OCC(=O)Nc2cc(Cl)ccc2O)c([N+](=O)[O-])c1. The van der Waals surface area contributed by atoms with Crippen LogP contribution in [0.15, 0.2) is 36.4 Å². The lowest BCUT2D eigenvalue weighted by molar-refractivity contribution is -0.385. The summed E-state index contributed by atoms with van der Waals surface area (Å²) in [6.07, 6.45) is 0. The van der Waals surface area contributed by atoms with E-state index in [0.29, 0.717) is 10.6 Å². The molecule has 0 spiro atoms. The van der Waals surface area contributed by atoms with E-state index in [4.69, 9.17) is 16.3 Å². The monoisotopic (exact) mass is 336 g/mol. The van der Waals surface area contributed by atoms with Crippen LogP contribution in [0.25, 0.3) is 0 Å². The zero-order chi connectivity index (χ0) is 17.0. The molecule has 0 aliphatic heterocycles. The zero-order valence-corrected chi connectivity index (χ0v) is 12.8. The van der Waals surface area contributed by atoms with Crippen LogP contribution in [-0.2, 0) is 4.79 Å². The van der Waals surface area contributed by atoms with Gasteiger partial charge in [-0.1, -0.05) is 17.7 Å². The summed E-state index contributed by atoms with van der Waals surface area (Å²) in [6, 6.07) is 8.61. The van der Waals surface area contributed by atoms with Gasteiger partial charge in [0.15, 0.2) is 12.4 Å². The minimum absolute atomic E-state index is 0.00827. The van der Waals surface area contributed by atoms with E-state index in [2.05, 4.69) is 5.32 Å². The fourth-order valence-corrected chi connectivity index (χ4v) is 2.00. The van der Waals surface area contributed by atoms with Gasteiger partial charge >= 0.3 is 5.69 Å². The number of ether oxygens (including phenoxy) is 1. The number of halogens is 1. The highest BCUT2D eigenvalue weighted by Crippen LogP contribution is 2.28. The Hall–Kier alpha value is -2.80. The average Bonchev–Trinajstić information content (AvgIpc) is 2.49. The Morgan fingerprint density at radius 3 is 2.78 bits per heavy atom. The van der Waals surface area contributed by atoms with E-state index < -0.39 is 17.4 Å². The molecule has 0 fully saturated rings. The number of hydrogen-bond acceptors (Lipinski definition) is 5. The van der Waals surface area contributed by atoms with Gasteiger partial charge in [-0.05, 0) is 36.8 Å². The maximum absolute atomic E-state index is 11.8. The Morgan fingerprint density at radius 2 is 2.09 bits per heavy atom. The third-order valence-corrected chi connectivity index (χ3v) is 3.14. The molecule has 2 aromatic carbocycles. The highest BCUT2D eigenvalue weighted by Gasteiger charge is 2.16. The first-order chi connectivity index (χ1) is 10.9. The Kier molecular flexibility index (Phi) is 5.02. The molecule has 7 nitrogen and oxygen atoms in total. The van der Waals surface area contributed by atoms with Gasteiger partial charge in [0.05, 0.1) is 10.6 Å². The molecule has 120 valence electrons. The van der Waals surface area contributed by atoms with Gasteiger partial charge in [0, 0.05) is 11.1 Å². The van der Waals surface area contributed by atoms with Crippen LogP contribution in [0.3, 0.4) is 0 Å². The second kappa shape index (κ2) is 6.97. The first kappa shape index (κ1) is 16.6. The van der Waals surface area contributed by atoms with Gasteiger partial charge in [-0.15, -0.1) is 0 Å². The normalized spacial score (nSPS) is 10.2. The lowest BCUT2D eigenvalue weighted by Crippen LogP contribution is -2.20. The van der Waals surface area contributed by atoms with E-state index in [0.717, 1.165) is 0 Å². The van der Waals surface area contributed by atoms with Crippen molar-refractivity contribution < 1.29 is 19.6 Å². The van der Waals surface area contributed by atoms with E-state index in [1.54, 1.807) is 13.0 Å². The van der Waals surface area contributed by atoms with Crippen molar-refractivity contribution in [3.05, 3.63) is 57.1 Å². The highest BCUT2D eigenvalue weighted by molar-refractivity contribution is 6.31. The quantitative estimate of drug-likeness (QED) is 0.495. The predicted octanol–water partition coefficient (Wildman–Crippen LogP) is 3.28. The van der Waals surface area contributed by atoms with Crippen molar-refractivity contribution in [3.63, 3.8) is 0 Å². The number of amides is 1. The van der Waals surface area contributed by atoms with Crippen LogP contribution >= 0.6 is 11.6 Å². The molecule has 0 atom stereocenters. The number of benzene rings is 2. The fraction of sp³-hybridized carbons (Fsp3) is 0.133. The molecule has 2 aromatic rings. The van der Waals surface area contributed by atoms with Crippen molar-refractivity contribution >= 4 is 28.9 Å². The van der Waals surface area contributed by atoms with E-state index in [1.807, 2.05) is 0 Å². The molecule has 0 aromatic heterocycles. The summed E-state index contributed by atoms with van der Waals surface area (Å²) < 4.78 is 5.19. The van der Waals surface area contributed by atoms with Crippen LogP contribution < -0.4 is 10.1 Å². The molecule has 0 heterocycles. The maximum Gasteiger partial charge on any atom is 0.311 e.